The van der Waals surface area contributed by atoms with Crippen molar-refractivity contribution in [3.63, 3.8) is 0 Å². The van der Waals surface area contributed by atoms with Crippen LogP contribution in [0.4, 0.5) is 8.78 Å². The summed E-state index contributed by atoms with van der Waals surface area (Å²) in [4.78, 5) is 0. The minimum Gasteiger partial charge on any atom is -0.328 e. The Morgan fingerprint density at radius 1 is 1.50 bits per heavy atom. The van der Waals surface area contributed by atoms with Crippen molar-refractivity contribution in [1.29, 1.82) is 0 Å². The second-order valence-corrected chi connectivity index (χ2v) is 3.20. The predicted octanol–water partition coefficient (Wildman–Crippen LogP) is 1.77. The van der Waals surface area contributed by atoms with Crippen molar-refractivity contribution in [2.45, 2.75) is 38.2 Å². The van der Waals surface area contributed by atoms with Crippen LogP contribution in [0.5, 0.6) is 0 Å². The fraction of sp³-hybridized carbons (Fsp3) is 1.00. The second-order valence-electron chi connectivity index (χ2n) is 3.20. The zero-order valence-electron chi connectivity index (χ0n) is 6.11. The molecule has 0 aromatic heterocycles. The first kappa shape index (κ1) is 7.92. The van der Waals surface area contributed by atoms with E-state index in [4.69, 9.17) is 5.73 Å². The van der Waals surface area contributed by atoms with Crippen molar-refractivity contribution in [3.05, 3.63) is 0 Å². The van der Waals surface area contributed by atoms with Crippen LogP contribution in [0.2, 0.25) is 0 Å². The SMILES string of the molecule is C[C@@H]1C[C@H](N)CCC1(F)F. The van der Waals surface area contributed by atoms with Gasteiger partial charge in [-0.25, -0.2) is 8.78 Å². The standard InChI is InChI=1S/C7H13F2N/c1-5-4-6(10)2-3-7(5,8)9/h5-6H,2-4,10H2,1H3/t5-,6-/m1/s1. The van der Waals surface area contributed by atoms with Gasteiger partial charge in [-0.15, -0.1) is 0 Å². The predicted molar refractivity (Wildman–Crippen MR) is 35.9 cm³/mol. The van der Waals surface area contributed by atoms with Crippen molar-refractivity contribution in [2.24, 2.45) is 11.7 Å². The van der Waals surface area contributed by atoms with Gasteiger partial charge in [0.15, 0.2) is 0 Å². The molecule has 10 heavy (non-hydrogen) atoms. The average molecular weight is 149 g/mol. The molecule has 3 heteroatoms. The maximum atomic E-state index is 12.7. The second kappa shape index (κ2) is 2.46. The smallest absolute Gasteiger partial charge is 0.250 e. The molecule has 60 valence electrons. The molecule has 0 aromatic rings. The van der Waals surface area contributed by atoms with Gasteiger partial charge in [0, 0.05) is 18.4 Å². The van der Waals surface area contributed by atoms with Gasteiger partial charge in [0.25, 0.3) is 5.92 Å². The van der Waals surface area contributed by atoms with E-state index in [9.17, 15) is 8.78 Å². The Morgan fingerprint density at radius 2 is 2.10 bits per heavy atom. The highest BCUT2D eigenvalue weighted by atomic mass is 19.3. The number of hydrogen-bond donors (Lipinski definition) is 1. The molecule has 0 aromatic carbocycles. The summed E-state index contributed by atoms with van der Waals surface area (Å²) >= 11 is 0. The van der Waals surface area contributed by atoms with Crippen molar-refractivity contribution < 1.29 is 8.78 Å². The fourth-order valence-corrected chi connectivity index (χ4v) is 1.37. The molecule has 1 saturated carbocycles. The molecule has 0 heterocycles. The van der Waals surface area contributed by atoms with E-state index in [1.807, 2.05) is 0 Å². The van der Waals surface area contributed by atoms with E-state index in [1.54, 1.807) is 6.92 Å². The number of alkyl halides is 2. The minimum atomic E-state index is -2.46. The summed E-state index contributed by atoms with van der Waals surface area (Å²) in [5.41, 5.74) is 5.51. The van der Waals surface area contributed by atoms with Crippen molar-refractivity contribution in [2.75, 3.05) is 0 Å². The molecule has 0 unspecified atom stereocenters. The first-order valence-corrected chi connectivity index (χ1v) is 3.66. The van der Waals surface area contributed by atoms with Gasteiger partial charge < -0.3 is 5.73 Å². The summed E-state index contributed by atoms with van der Waals surface area (Å²) in [7, 11) is 0. The van der Waals surface area contributed by atoms with Crippen LogP contribution in [0.15, 0.2) is 0 Å². The van der Waals surface area contributed by atoms with E-state index >= 15 is 0 Å². The molecule has 0 spiro atoms. The third-order valence-corrected chi connectivity index (χ3v) is 2.23. The lowest BCUT2D eigenvalue weighted by molar-refractivity contribution is -0.0822. The van der Waals surface area contributed by atoms with Crippen LogP contribution in [-0.2, 0) is 0 Å². The molecule has 1 fully saturated rings. The van der Waals surface area contributed by atoms with E-state index < -0.39 is 11.8 Å². The van der Waals surface area contributed by atoms with Gasteiger partial charge >= 0.3 is 0 Å². The first-order chi connectivity index (χ1) is 4.52. The maximum Gasteiger partial charge on any atom is 0.250 e. The fourth-order valence-electron chi connectivity index (χ4n) is 1.37. The summed E-state index contributed by atoms with van der Waals surface area (Å²) in [5, 5.41) is 0. The van der Waals surface area contributed by atoms with Gasteiger partial charge in [0.2, 0.25) is 0 Å². The molecule has 0 saturated heterocycles. The lowest BCUT2D eigenvalue weighted by Gasteiger charge is -2.31. The number of hydrogen-bond acceptors (Lipinski definition) is 1. The quantitative estimate of drug-likeness (QED) is 0.558. The third kappa shape index (κ3) is 1.45. The molecular formula is C7H13F2N. The lowest BCUT2D eigenvalue weighted by atomic mass is 9.84. The molecule has 2 N–H and O–H groups in total. The third-order valence-electron chi connectivity index (χ3n) is 2.23. The zero-order chi connectivity index (χ0) is 7.78. The zero-order valence-corrected chi connectivity index (χ0v) is 6.11. The molecule has 0 radical (unpaired) electrons. The van der Waals surface area contributed by atoms with E-state index in [0.717, 1.165) is 0 Å². The summed E-state index contributed by atoms with van der Waals surface area (Å²) in [6.45, 7) is 1.57. The van der Waals surface area contributed by atoms with Gasteiger partial charge in [-0.1, -0.05) is 6.92 Å². The van der Waals surface area contributed by atoms with Crippen molar-refractivity contribution in [1.82, 2.24) is 0 Å². The van der Waals surface area contributed by atoms with Crippen LogP contribution < -0.4 is 5.73 Å². The number of rotatable bonds is 0. The van der Waals surface area contributed by atoms with Crippen LogP contribution in [0.1, 0.15) is 26.2 Å². The van der Waals surface area contributed by atoms with Gasteiger partial charge in [-0.3, -0.25) is 0 Å². The minimum absolute atomic E-state index is 0.00498. The van der Waals surface area contributed by atoms with E-state index in [0.29, 0.717) is 12.8 Å². The molecule has 0 amide bonds. The molecule has 1 nitrogen and oxygen atoms in total. The summed E-state index contributed by atoms with van der Waals surface area (Å²) in [6, 6.07) is -0.00498. The van der Waals surface area contributed by atoms with Crippen molar-refractivity contribution in [3.8, 4) is 0 Å². The Kier molecular flexibility index (Phi) is 1.95. The van der Waals surface area contributed by atoms with E-state index in [-0.39, 0.29) is 12.5 Å². The molecule has 0 aliphatic heterocycles. The Morgan fingerprint density at radius 3 is 2.50 bits per heavy atom. The van der Waals surface area contributed by atoms with Crippen LogP contribution in [0, 0.1) is 5.92 Å². The number of halogens is 2. The van der Waals surface area contributed by atoms with E-state index in [1.165, 1.54) is 0 Å². The lowest BCUT2D eigenvalue weighted by Crippen LogP contribution is -2.39. The van der Waals surface area contributed by atoms with Crippen molar-refractivity contribution >= 4 is 0 Å². The Bertz CT molecular complexity index is 125. The van der Waals surface area contributed by atoms with Gasteiger partial charge in [-0.2, -0.15) is 0 Å². The topological polar surface area (TPSA) is 26.0 Å². The normalized spacial score (nSPS) is 39.6. The molecule has 1 rings (SSSR count). The van der Waals surface area contributed by atoms with Gasteiger partial charge in [0.05, 0.1) is 0 Å². The highest BCUT2D eigenvalue weighted by molar-refractivity contribution is 4.84. The number of nitrogens with two attached hydrogens (primary N) is 1. The van der Waals surface area contributed by atoms with E-state index in [2.05, 4.69) is 0 Å². The summed E-state index contributed by atoms with van der Waals surface area (Å²) in [5.74, 6) is -2.99. The maximum absolute atomic E-state index is 12.7. The van der Waals surface area contributed by atoms with Gasteiger partial charge in [0.1, 0.15) is 0 Å². The highest BCUT2D eigenvalue weighted by Crippen LogP contribution is 2.37. The monoisotopic (exact) mass is 149 g/mol. The Hall–Kier alpha value is -0.180. The Balaban J connectivity index is 2.52. The molecule has 1 aliphatic rings. The van der Waals surface area contributed by atoms with Gasteiger partial charge in [-0.05, 0) is 12.8 Å². The summed E-state index contributed by atoms with van der Waals surface area (Å²) in [6.07, 6.45) is 0.902. The molecule has 0 bridgehead atoms. The highest BCUT2D eigenvalue weighted by Gasteiger charge is 2.40. The van der Waals surface area contributed by atoms with Crippen LogP contribution in [0.3, 0.4) is 0 Å². The first-order valence-electron chi connectivity index (χ1n) is 3.66. The largest absolute Gasteiger partial charge is 0.328 e. The van der Waals surface area contributed by atoms with Crippen LogP contribution >= 0.6 is 0 Å². The average Bonchev–Trinajstić information content (AvgIpc) is 1.81. The van der Waals surface area contributed by atoms with Crippen LogP contribution in [0.25, 0.3) is 0 Å². The van der Waals surface area contributed by atoms with Crippen LogP contribution in [-0.4, -0.2) is 12.0 Å². The molecule has 1 aliphatic carbocycles. The molecule has 2 atom stereocenters. The molecular weight excluding hydrogens is 136 g/mol. The Labute approximate surface area is 59.6 Å². The summed E-state index contributed by atoms with van der Waals surface area (Å²) < 4.78 is 25.4.